The van der Waals surface area contributed by atoms with Crippen LogP contribution in [0.1, 0.15) is 28.8 Å². The molecule has 0 aliphatic carbocycles. The van der Waals surface area contributed by atoms with E-state index >= 15 is 0 Å². The topological polar surface area (TPSA) is 44.4 Å². The summed E-state index contributed by atoms with van der Waals surface area (Å²) < 4.78 is 37.8. The molecular formula is C20H20F3N3OS. The van der Waals surface area contributed by atoms with Crippen molar-refractivity contribution >= 4 is 28.9 Å². The summed E-state index contributed by atoms with van der Waals surface area (Å²) in [5.41, 5.74) is 0.461. The van der Waals surface area contributed by atoms with Crippen LogP contribution in [0.5, 0.6) is 0 Å². The van der Waals surface area contributed by atoms with Crippen LogP contribution in [0.25, 0.3) is 0 Å². The van der Waals surface area contributed by atoms with Crippen molar-refractivity contribution in [2.45, 2.75) is 25.1 Å². The predicted molar refractivity (Wildman–Crippen MR) is 106 cm³/mol. The van der Waals surface area contributed by atoms with E-state index in [1.54, 1.807) is 12.1 Å². The molecule has 2 aromatic rings. The molecule has 3 rings (SSSR count). The van der Waals surface area contributed by atoms with Crippen molar-refractivity contribution in [2.24, 2.45) is 0 Å². The number of halogens is 3. The van der Waals surface area contributed by atoms with Gasteiger partial charge in [-0.2, -0.15) is 13.2 Å². The zero-order chi connectivity index (χ0) is 20.1. The van der Waals surface area contributed by atoms with Crippen molar-refractivity contribution in [3.8, 4) is 0 Å². The zero-order valence-electron chi connectivity index (χ0n) is 15.0. The van der Waals surface area contributed by atoms with Gasteiger partial charge < -0.3 is 15.5 Å². The Balaban J connectivity index is 1.47. The van der Waals surface area contributed by atoms with Gasteiger partial charge in [-0.1, -0.05) is 18.2 Å². The van der Waals surface area contributed by atoms with Gasteiger partial charge in [0.15, 0.2) is 5.11 Å². The Morgan fingerprint density at radius 2 is 1.61 bits per heavy atom. The summed E-state index contributed by atoms with van der Waals surface area (Å²) in [6.07, 6.45) is -2.87. The monoisotopic (exact) mass is 407 g/mol. The van der Waals surface area contributed by atoms with Gasteiger partial charge in [0.25, 0.3) is 5.91 Å². The van der Waals surface area contributed by atoms with Crippen molar-refractivity contribution in [1.82, 2.24) is 10.2 Å². The van der Waals surface area contributed by atoms with E-state index in [9.17, 15) is 18.0 Å². The largest absolute Gasteiger partial charge is 0.416 e. The van der Waals surface area contributed by atoms with E-state index in [1.807, 2.05) is 23.1 Å². The summed E-state index contributed by atoms with van der Waals surface area (Å²) in [5, 5.41) is 6.43. The lowest BCUT2D eigenvalue weighted by Gasteiger charge is -2.33. The number of carbonyl (C=O) groups excluding carboxylic acids is 1. The number of piperidine rings is 1. The van der Waals surface area contributed by atoms with Crippen molar-refractivity contribution in [2.75, 3.05) is 18.4 Å². The smallest absolute Gasteiger partial charge is 0.360 e. The summed E-state index contributed by atoms with van der Waals surface area (Å²) in [6, 6.07) is 14.0. The Hall–Kier alpha value is -2.61. The third-order valence-corrected chi connectivity index (χ3v) is 4.83. The minimum Gasteiger partial charge on any atom is -0.360 e. The Morgan fingerprint density at radius 3 is 2.18 bits per heavy atom. The molecule has 0 saturated carbocycles. The average molecular weight is 407 g/mol. The van der Waals surface area contributed by atoms with E-state index in [0.717, 1.165) is 25.0 Å². The molecule has 1 aliphatic heterocycles. The molecule has 0 atom stereocenters. The van der Waals surface area contributed by atoms with Crippen LogP contribution in [0.4, 0.5) is 18.9 Å². The van der Waals surface area contributed by atoms with Crippen LogP contribution in [0, 0.1) is 0 Å². The van der Waals surface area contributed by atoms with Gasteiger partial charge in [-0.3, -0.25) is 4.79 Å². The van der Waals surface area contributed by atoms with Gasteiger partial charge in [-0.15, -0.1) is 0 Å². The normalized spacial score (nSPS) is 15.2. The minimum absolute atomic E-state index is 0.0181. The van der Waals surface area contributed by atoms with Crippen molar-refractivity contribution in [1.29, 1.82) is 0 Å². The molecule has 1 saturated heterocycles. The highest BCUT2D eigenvalue weighted by Crippen LogP contribution is 2.29. The number of hydrogen-bond donors (Lipinski definition) is 2. The number of nitrogens with one attached hydrogen (secondary N) is 2. The number of rotatable bonds is 3. The number of thiocarbonyl (C=S) groups is 1. The van der Waals surface area contributed by atoms with E-state index in [0.29, 0.717) is 29.5 Å². The van der Waals surface area contributed by atoms with Crippen molar-refractivity contribution in [3.05, 3.63) is 65.7 Å². The van der Waals surface area contributed by atoms with Gasteiger partial charge in [0.2, 0.25) is 0 Å². The van der Waals surface area contributed by atoms with Crippen LogP contribution in [-0.2, 0) is 6.18 Å². The SMILES string of the molecule is O=C(c1ccccc1)N1CCC(NC(=S)Nc2ccc(C(F)(F)F)cc2)CC1. The van der Waals surface area contributed by atoms with Gasteiger partial charge in [0, 0.05) is 30.4 Å². The van der Waals surface area contributed by atoms with Gasteiger partial charge >= 0.3 is 6.18 Å². The number of anilines is 1. The number of alkyl halides is 3. The standard InChI is InChI=1S/C20H20F3N3OS/c21-20(22,23)15-6-8-16(9-7-15)24-19(28)25-17-10-12-26(13-11-17)18(27)14-4-2-1-3-5-14/h1-9,17H,10-13H2,(H2,24,25,28). The van der Waals surface area contributed by atoms with Crippen molar-refractivity contribution < 1.29 is 18.0 Å². The van der Waals surface area contributed by atoms with Crippen LogP contribution in [0.15, 0.2) is 54.6 Å². The fourth-order valence-electron chi connectivity index (χ4n) is 3.09. The lowest BCUT2D eigenvalue weighted by molar-refractivity contribution is -0.137. The third-order valence-electron chi connectivity index (χ3n) is 4.61. The third kappa shape index (κ3) is 5.22. The molecule has 0 unspecified atom stereocenters. The second kappa shape index (κ2) is 8.60. The van der Waals surface area contributed by atoms with Gasteiger partial charge in [-0.05, 0) is 61.5 Å². The summed E-state index contributed by atoms with van der Waals surface area (Å²) >= 11 is 5.26. The van der Waals surface area contributed by atoms with Gasteiger partial charge in [0.05, 0.1) is 5.56 Å². The van der Waals surface area contributed by atoms with E-state index in [1.165, 1.54) is 12.1 Å². The van der Waals surface area contributed by atoms with Crippen LogP contribution in [0.3, 0.4) is 0 Å². The Morgan fingerprint density at radius 1 is 1.00 bits per heavy atom. The first-order valence-electron chi connectivity index (χ1n) is 8.92. The van der Waals surface area contributed by atoms with E-state index in [4.69, 9.17) is 12.2 Å². The molecule has 1 heterocycles. The lowest BCUT2D eigenvalue weighted by Crippen LogP contribution is -2.47. The number of benzene rings is 2. The number of carbonyl (C=O) groups is 1. The fraction of sp³-hybridized carbons (Fsp3) is 0.300. The highest BCUT2D eigenvalue weighted by Gasteiger charge is 2.30. The molecule has 0 bridgehead atoms. The first kappa shape index (κ1) is 20.1. The van der Waals surface area contributed by atoms with Gasteiger partial charge in [0.1, 0.15) is 0 Å². The summed E-state index contributed by atoms with van der Waals surface area (Å²) in [5.74, 6) is 0.0181. The van der Waals surface area contributed by atoms with Crippen LogP contribution >= 0.6 is 12.2 Å². The molecule has 8 heteroatoms. The summed E-state index contributed by atoms with van der Waals surface area (Å²) in [6.45, 7) is 1.24. The molecular weight excluding hydrogens is 387 g/mol. The summed E-state index contributed by atoms with van der Waals surface area (Å²) in [7, 11) is 0. The van der Waals surface area contributed by atoms with Crippen LogP contribution < -0.4 is 10.6 Å². The molecule has 28 heavy (non-hydrogen) atoms. The van der Waals surface area contributed by atoms with Gasteiger partial charge in [-0.25, -0.2) is 0 Å². The number of nitrogens with zero attached hydrogens (tertiary/aromatic N) is 1. The molecule has 0 aromatic heterocycles. The maximum absolute atomic E-state index is 12.6. The maximum Gasteiger partial charge on any atom is 0.416 e. The zero-order valence-corrected chi connectivity index (χ0v) is 15.8. The average Bonchev–Trinajstić information content (AvgIpc) is 2.68. The maximum atomic E-state index is 12.6. The molecule has 1 amide bonds. The molecule has 2 N–H and O–H groups in total. The number of hydrogen-bond acceptors (Lipinski definition) is 2. The Bertz CT molecular complexity index is 817. The Labute approximate surface area is 166 Å². The molecule has 4 nitrogen and oxygen atoms in total. The van der Waals surface area contributed by atoms with E-state index in [2.05, 4.69) is 10.6 Å². The Kier molecular flexibility index (Phi) is 6.18. The molecule has 1 fully saturated rings. The highest BCUT2D eigenvalue weighted by molar-refractivity contribution is 7.80. The molecule has 2 aromatic carbocycles. The fourth-order valence-corrected chi connectivity index (χ4v) is 3.37. The van der Waals surface area contributed by atoms with Crippen LogP contribution in [0.2, 0.25) is 0 Å². The number of amides is 1. The summed E-state index contributed by atoms with van der Waals surface area (Å²) in [4.78, 5) is 14.3. The van der Waals surface area contributed by atoms with E-state index < -0.39 is 11.7 Å². The van der Waals surface area contributed by atoms with E-state index in [-0.39, 0.29) is 11.9 Å². The second-order valence-corrected chi connectivity index (χ2v) is 7.01. The quantitative estimate of drug-likeness (QED) is 0.745. The molecule has 0 spiro atoms. The molecule has 0 radical (unpaired) electrons. The minimum atomic E-state index is -4.36. The predicted octanol–water partition coefficient (Wildman–Crippen LogP) is 4.30. The molecule has 148 valence electrons. The number of likely N-dealkylation sites (tertiary alicyclic amines) is 1. The lowest BCUT2D eigenvalue weighted by atomic mass is 10.0. The first-order chi connectivity index (χ1) is 13.3. The van der Waals surface area contributed by atoms with Crippen molar-refractivity contribution in [3.63, 3.8) is 0 Å². The van der Waals surface area contributed by atoms with Crippen LogP contribution in [-0.4, -0.2) is 35.1 Å². The second-order valence-electron chi connectivity index (χ2n) is 6.61. The first-order valence-corrected chi connectivity index (χ1v) is 9.33. The highest BCUT2D eigenvalue weighted by atomic mass is 32.1. The molecule has 1 aliphatic rings.